The van der Waals surface area contributed by atoms with Crippen molar-refractivity contribution >= 4 is 31.6 Å². The number of hydrogen-bond donors (Lipinski definition) is 3. The summed E-state index contributed by atoms with van der Waals surface area (Å²) in [5.74, 6) is 0.544. The molecule has 0 radical (unpaired) electrons. The Balaban J connectivity index is 2.33. The molecule has 21 heavy (non-hydrogen) atoms. The second kappa shape index (κ2) is 6.46. The first-order valence-electron chi connectivity index (χ1n) is 6.00. The number of halogens is 1. The predicted octanol–water partition coefficient (Wildman–Crippen LogP) is 1.70. The number of nitrogens with zero attached hydrogens (tertiary/aromatic N) is 1. The van der Waals surface area contributed by atoms with E-state index in [0.717, 1.165) is 0 Å². The second-order valence-corrected chi connectivity index (χ2v) is 6.77. The fourth-order valence-electron chi connectivity index (χ4n) is 1.79. The molecule has 1 heterocycles. The summed E-state index contributed by atoms with van der Waals surface area (Å²) in [6, 6.07) is 4.98. The van der Waals surface area contributed by atoms with Crippen molar-refractivity contribution in [3.05, 3.63) is 34.4 Å². The van der Waals surface area contributed by atoms with Crippen LogP contribution in [0, 0.1) is 0 Å². The van der Waals surface area contributed by atoms with Gasteiger partial charge in [0.1, 0.15) is 5.75 Å². The molecule has 0 aliphatic carbocycles. The number of sulfonamides is 1. The van der Waals surface area contributed by atoms with Crippen molar-refractivity contribution in [3.63, 3.8) is 0 Å². The Labute approximate surface area is 131 Å². The maximum atomic E-state index is 12.4. The molecule has 0 amide bonds. The molecule has 3 N–H and O–H groups in total. The Kier molecular flexibility index (Phi) is 4.86. The summed E-state index contributed by atoms with van der Waals surface area (Å²) < 4.78 is 33.1. The van der Waals surface area contributed by atoms with Gasteiger partial charge in [-0.05, 0) is 19.2 Å². The number of ether oxygens (including phenoxy) is 1. The molecule has 2 aromatic rings. The summed E-state index contributed by atoms with van der Waals surface area (Å²) in [6.07, 6.45) is 1.48. The Morgan fingerprint density at radius 1 is 1.38 bits per heavy atom. The highest BCUT2D eigenvalue weighted by atomic mass is 79.9. The number of aromatic amines is 1. The van der Waals surface area contributed by atoms with Crippen molar-refractivity contribution < 1.29 is 13.2 Å². The smallest absolute Gasteiger partial charge is 0.279 e. The molecule has 0 spiro atoms. The molecule has 0 saturated carbocycles. The maximum Gasteiger partial charge on any atom is 0.279 e. The summed E-state index contributed by atoms with van der Waals surface area (Å²) in [5, 5.41) is 9.22. The molecule has 0 unspecified atom stereocenters. The number of H-pyrrole nitrogens is 1. The Morgan fingerprint density at radius 3 is 2.81 bits per heavy atom. The van der Waals surface area contributed by atoms with Crippen LogP contribution in [0.1, 0.15) is 5.56 Å². The SMILES string of the molecule is CNCc1cn[nH]c1S(=O)(=O)Nc1cc(Br)cc(OC)c1. The maximum absolute atomic E-state index is 12.4. The van der Waals surface area contributed by atoms with Gasteiger partial charge in [0, 0.05) is 22.6 Å². The topological polar surface area (TPSA) is 96.1 Å². The van der Waals surface area contributed by atoms with Crippen LogP contribution in [-0.4, -0.2) is 32.8 Å². The standard InChI is InChI=1S/C12H15BrN4O3S/c1-14-6-8-7-15-16-12(8)21(18,19)17-10-3-9(13)4-11(5-10)20-2/h3-5,7,14,17H,6H2,1-2H3,(H,15,16). The van der Waals surface area contributed by atoms with Crippen LogP contribution in [0.15, 0.2) is 33.9 Å². The van der Waals surface area contributed by atoms with Gasteiger partial charge >= 0.3 is 0 Å². The molecule has 114 valence electrons. The largest absolute Gasteiger partial charge is 0.497 e. The normalized spacial score (nSPS) is 11.4. The lowest BCUT2D eigenvalue weighted by molar-refractivity contribution is 0.415. The number of aromatic nitrogens is 2. The van der Waals surface area contributed by atoms with Gasteiger partial charge in [0.15, 0.2) is 5.03 Å². The highest BCUT2D eigenvalue weighted by molar-refractivity contribution is 9.10. The first kappa shape index (κ1) is 15.8. The van der Waals surface area contributed by atoms with Gasteiger partial charge in [-0.1, -0.05) is 15.9 Å². The average Bonchev–Trinajstić information content (AvgIpc) is 2.87. The van der Waals surface area contributed by atoms with Crippen molar-refractivity contribution in [1.29, 1.82) is 0 Å². The molecular formula is C12H15BrN4O3S. The van der Waals surface area contributed by atoms with Gasteiger partial charge < -0.3 is 10.1 Å². The first-order chi connectivity index (χ1) is 9.96. The Hall–Kier alpha value is -1.58. The number of methoxy groups -OCH3 is 1. The quantitative estimate of drug-likeness (QED) is 0.714. The van der Waals surface area contributed by atoms with Crippen LogP contribution in [0.5, 0.6) is 5.75 Å². The van der Waals surface area contributed by atoms with E-state index in [1.165, 1.54) is 13.3 Å². The van der Waals surface area contributed by atoms with E-state index >= 15 is 0 Å². The third-order valence-corrected chi connectivity index (χ3v) is 4.53. The Bertz CT molecular complexity index is 730. The van der Waals surface area contributed by atoms with Gasteiger partial charge in [-0.2, -0.15) is 13.5 Å². The highest BCUT2D eigenvalue weighted by Crippen LogP contribution is 2.26. The minimum absolute atomic E-state index is 0.0378. The molecule has 1 aromatic heterocycles. The lowest BCUT2D eigenvalue weighted by atomic mass is 10.3. The molecule has 9 heteroatoms. The van der Waals surface area contributed by atoms with Crippen LogP contribution in [0.4, 0.5) is 5.69 Å². The number of anilines is 1. The molecule has 0 aliphatic rings. The van der Waals surface area contributed by atoms with Crippen LogP contribution in [0.3, 0.4) is 0 Å². The van der Waals surface area contributed by atoms with Crippen LogP contribution in [0.25, 0.3) is 0 Å². The third-order valence-electron chi connectivity index (χ3n) is 2.67. The zero-order valence-corrected chi connectivity index (χ0v) is 13.9. The minimum Gasteiger partial charge on any atom is -0.497 e. The number of nitrogens with one attached hydrogen (secondary N) is 3. The van der Waals surface area contributed by atoms with E-state index < -0.39 is 10.0 Å². The number of hydrogen-bond acceptors (Lipinski definition) is 5. The highest BCUT2D eigenvalue weighted by Gasteiger charge is 2.21. The van der Waals surface area contributed by atoms with Gasteiger partial charge in [0.05, 0.1) is 19.0 Å². The van der Waals surface area contributed by atoms with Gasteiger partial charge in [-0.15, -0.1) is 0 Å². The van der Waals surface area contributed by atoms with E-state index in [4.69, 9.17) is 4.74 Å². The number of benzene rings is 1. The van der Waals surface area contributed by atoms with Crippen molar-refractivity contribution in [2.45, 2.75) is 11.6 Å². The van der Waals surface area contributed by atoms with E-state index in [-0.39, 0.29) is 5.03 Å². The van der Waals surface area contributed by atoms with Crippen LogP contribution >= 0.6 is 15.9 Å². The van der Waals surface area contributed by atoms with E-state index in [1.807, 2.05) is 0 Å². The summed E-state index contributed by atoms with van der Waals surface area (Å²) >= 11 is 3.30. The lowest BCUT2D eigenvalue weighted by Gasteiger charge is -2.10. The number of rotatable bonds is 6. The van der Waals surface area contributed by atoms with Gasteiger partial charge in [-0.3, -0.25) is 9.82 Å². The second-order valence-electron chi connectivity index (χ2n) is 4.24. The molecule has 0 atom stereocenters. The van der Waals surface area contributed by atoms with Crippen LogP contribution < -0.4 is 14.8 Å². The lowest BCUT2D eigenvalue weighted by Crippen LogP contribution is -2.17. The summed E-state index contributed by atoms with van der Waals surface area (Å²) in [7, 11) is -0.503. The molecule has 0 saturated heterocycles. The van der Waals surface area contributed by atoms with Crippen molar-refractivity contribution in [1.82, 2.24) is 15.5 Å². The molecule has 0 fully saturated rings. The van der Waals surface area contributed by atoms with E-state index in [2.05, 4.69) is 36.2 Å². The van der Waals surface area contributed by atoms with Gasteiger partial charge in [0.25, 0.3) is 10.0 Å². The van der Waals surface area contributed by atoms with E-state index in [9.17, 15) is 8.42 Å². The van der Waals surface area contributed by atoms with Crippen molar-refractivity contribution in [2.75, 3.05) is 18.9 Å². The monoisotopic (exact) mass is 374 g/mol. The summed E-state index contributed by atoms with van der Waals surface area (Å²) in [4.78, 5) is 0. The summed E-state index contributed by atoms with van der Waals surface area (Å²) in [6.45, 7) is 0.397. The fraction of sp³-hybridized carbons (Fsp3) is 0.250. The molecular weight excluding hydrogens is 360 g/mol. The molecule has 7 nitrogen and oxygen atoms in total. The van der Waals surface area contributed by atoms with E-state index in [0.29, 0.717) is 28.0 Å². The average molecular weight is 375 g/mol. The molecule has 2 rings (SSSR count). The first-order valence-corrected chi connectivity index (χ1v) is 8.28. The summed E-state index contributed by atoms with van der Waals surface area (Å²) in [5.41, 5.74) is 0.957. The molecule has 0 bridgehead atoms. The van der Waals surface area contributed by atoms with Crippen LogP contribution in [-0.2, 0) is 16.6 Å². The molecule has 0 aliphatic heterocycles. The minimum atomic E-state index is -3.75. The van der Waals surface area contributed by atoms with Crippen molar-refractivity contribution in [2.24, 2.45) is 0 Å². The zero-order valence-electron chi connectivity index (χ0n) is 11.5. The van der Waals surface area contributed by atoms with Gasteiger partial charge in [-0.25, -0.2) is 0 Å². The van der Waals surface area contributed by atoms with Crippen molar-refractivity contribution in [3.8, 4) is 5.75 Å². The fourth-order valence-corrected chi connectivity index (χ4v) is 3.44. The van der Waals surface area contributed by atoms with Gasteiger partial charge in [0.2, 0.25) is 0 Å². The third kappa shape index (κ3) is 3.74. The zero-order chi connectivity index (χ0) is 15.5. The Morgan fingerprint density at radius 2 is 2.14 bits per heavy atom. The molecule has 1 aromatic carbocycles. The predicted molar refractivity (Wildman–Crippen MR) is 82.9 cm³/mol. The van der Waals surface area contributed by atoms with E-state index in [1.54, 1.807) is 25.2 Å². The van der Waals surface area contributed by atoms with Crippen LogP contribution in [0.2, 0.25) is 0 Å².